The van der Waals surface area contributed by atoms with Crippen molar-refractivity contribution in [2.24, 2.45) is 0 Å². The molecule has 0 radical (unpaired) electrons. The van der Waals surface area contributed by atoms with Gasteiger partial charge < -0.3 is 5.32 Å². The van der Waals surface area contributed by atoms with Gasteiger partial charge in [0.1, 0.15) is 5.82 Å². The van der Waals surface area contributed by atoms with Gasteiger partial charge in [0.15, 0.2) is 0 Å². The second kappa shape index (κ2) is 6.67. The molecule has 1 aromatic carbocycles. The molecule has 0 saturated heterocycles. The van der Waals surface area contributed by atoms with E-state index in [9.17, 15) is 9.18 Å². The zero-order valence-corrected chi connectivity index (χ0v) is 12.4. The van der Waals surface area contributed by atoms with E-state index in [0.29, 0.717) is 5.69 Å². The highest BCUT2D eigenvalue weighted by Gasteiger charge is 2.13. The Balaban J connectivity index is 1.79. The van der Waals surface area contributed by atoms with Crippen LogP contribution in [0.5, 0.6) is 0 Å². The number of halogens is 1. The Labute approximate surface area is 137 Å². The molecule has 0 saturated carbocycles. The van der Waals surface area contributed by atoms with E-state index in [4.69, 9.17) is 5.26 Å². The Bertz CT molecular complexity index is 918. The lowest BCUT2D eigenvalue weighted by Crippen LogP contribution is -2.14. The third-order valence-electron chi connectivity index (χ3n) is 3.34. The highest BCUT2D eigenvalue weighted by atomic mass is 19.1. The standard InChI is InChI=1S/C18H11FN4O/c19-16-3-1-12(10-20)9-15(16)18(24)23-14-2-4-17(22-11-14)13-5-7-21-8-6-13/h1-9,11H,(H,23,24). The number of carbonyl (C=O) groups is 1. The van der Waals surface area contributed by atoms with E-state index in [1.807, 2.05) is 18.2 Å². The molecule has 2 aromatic heterocycles. The number of nitrogens with zero attached hydrogens (tertiary/aromatic N) is 3. The summed E-state index contributed by atoms with van der Waals surface area (Å²) in [5, 5.41) is 11.4. The number of amides is 1. The van der Waals surface area contributed by atoms with E-state index in [0.717, 1.165) is 17.3 Å². The highest BCUT2D eigenvalue weighted by Crippen LogP contribution is 2.18. The van der Waals surface area contributed by atoms with Crippen molar-refractivity contribution < 1.29 is 9.18 Å². The van der Waals surface area contributed by atoms with Gasteiger partial charge in [0.05, 0.1) is 34.8 Å². The Morgan fingerprint density at radius 3 is 2.58 bits per heavy atom. The molecule has 0 aliphatic rings. The number of rotatable bonds is 3. The number of hydrogen-bond acceptors (Lipinski definition) is 4. The molecule has 0 aliphatic carbocycles. The van der Waals surface area contributed by atoms with Gasteiger partial charge >= 0.3 is 0 Å². The molecule has 116 valence electrons. The molecular weight excluding hydrogens is 307 g/mol. The molecule has 3 aromatic rings. The van der Waals surface area contributed by atoms with Crippen molar-refractivity contribution in [2.75, 3.05) is 5.32 Å². The van der Waals surface area contributed by atoms with Crippen LogP contribution in [0.4, 0.5) is 10.1 Å². The van der Waals surface area contributed by atoms with E-state index >= 15 is 0 Å². The number of carbonyl (C=O) groups excluding carboxylic acids is 1. The van der Waals surface area contributed by atoms with Crippen molar-refractivity contribution >= 4 is 11.6 Å². The van der Waals surface area contributed by atoms with Gasteiger partial charge in [0.2, 0.25) is 0 Å². The van der Waals surface area contributed by atoms with Crippen LogP contribution < -0.4 is 5.32 Å². The number of aromatic nitrogens is 2. The number of anilines is 1. The number of benzene rings is 1. The van der Waals surface area contributed by atoms with Crippen molar-refractivity contribution in [1.29, 1.82) is 5.26 Å². The highest BCUT2D eigenvalue weighted by molar-refractivity contribution is 6.04. The molecule has 0 unspecified atom stereocenters. The third kappa shape index (κ3) is 3.25. The van der Waals surface area contributed by atoms with E-state index < -0.39 is 11.7 Å². The average Bonchev–Trinajstić information content (AvgIpc) is 2.63. The van der Waals surface area contributed by atoms with Gasteiger partial charge in [-0.1, -0.05) is 0 Å². The number of nitriles is 1. The fourth-order valence-electron chi connectivity index (χ4n) is 2.13. The van der Waals surface area contributed by atoms with Crippen LogP contribution in [-0.4, -0.2) is 15.9 Å². The molecule has 6 heteroatoms. The molecule has 1 N–H and O–H groups in total. The lowest BCUT2D eigenvalue weighted by molar-refractivity contribution is 0.102. The number of nitrogens with one attached hydrogen (secondary N) is 1. The van der Waals surface area contributed by atoms with Crippen LogP contribution in [0.1, 0.15) is 15.9 Å². The Kier molecular flexibility index (Phi) is 4.25. The molecule has 2 heterocycles. The van der Waals surface area contributed by atoms with Crippen LogP contribution in [0.3, 0.4) is 0 Å². The first-order chi connectivity index (χ1) is 11.7. The SMILES string of the molecule is N#Cc1ccc(F)c(C(=O)Nc2ccc(-c3ccncc3)nc2)c1. The minimum Gasteiger partial charge on any atom is -0.320 e. The first kappa shape index (κ1) is 15.3. The molecule has 0 spiro atoms. The quantitative estimate of drug-likeness (QED) is 0.802. The minimum atomic E-state index is -0.687. The van der Waals surface area contributed by atoms with E-state index in [1.165, 1.54) is 18.3 Å². The lowest BCUT2D eigenvalue weighted by atomic mass is 10.1. The monoisotopic (exact) mass is 318 g/mol. The van der Waals surface area contributed by atoms with Gasteiger partial charge in [-0.05, 0) is 42.5 Å². The Hall–Kier alpha value is -3.59. The first-order valence-corrected chi connectivity index (χ1v) is 7.05. The molecule has 5 nitrogen and oxygen atoms in total. The van der Waals surface area contributed by atoms with Gasteiger partial charge in [-0.25, -0.2) is 4.39 Å². The second-order valence-electron chi connectivity index (χ2n) is 4.93. The van der Waals surface area contributed by atoms with Crippen LogP contribution >= 0.6 is 0 Å². The van der Waals surface area contributed by atoms with Crippen LogP contribution in [0.15, 0.2) is 61.1 Å². The summed E-state index contributed by atoms with van der Waals surface area (Å²) in [4.78, 5) is 20.4. The summed E-state index contributed by atoms with van der Waals surface area (Å²) in [7, 11) is 0. The number of pyridine rings is 2. The zero-order valence-electron chi connectivity index (χ0n) is 12.4. The van der Waals surface area contributed by atoms with Crippen molar-refractivity contribution in [3.8, 4) is 17.3 Å². The summed E-state index contributed by atoms with van der Waals surface area (Å²) >= 11 is 0. The summed E-state index contributed by atoms with van der Waals surface area (Å²) in [6.07, 6.45) is 4.81. The predicted octanol–water partition coefficient (Wildman–Crippen LogP) is 3.41. The maximum Gasteiger partial charge on any atom is 0.258 e. The Morgan fingerprint density at radius 2 is 1.92 bits per heavy atom. The molecule has 24 heavy (non-hydrogen) atoms. The van der Waals surface area contributed by atoms with Crippen LogP contribution in [0.25, 0.3) is 11.3 Å². The van der Waals surface area contributed by atoms with Gasteiger partial charge in [-0.15, -0.1) is 0 Å². The summed E-state index contributed by atoms with van der Waals surface area (Å²) < 4.78 is 13.8. The van der Waals surface area contributed by atoms with Crippen molar-refractivity contribution in [3.63, 3.8) is 0 Å². The number of hydrogen-bond donors (Lipinski definition) is 1. The molecule has 0 fully saturated rings. The van der Waals surface area contributed by atoms with E-state index in [-0.39, 0.29) is 11.1 Å². The van der Waals surface area contributed by atoms with Crippen LogP contribution in [0.2, 0.25) is 0 Å². The normalized spacial score (nSPS) is 10.0. The summed E-state index contributed by atoms with van der Waals surface area (Å²) in [6.45, 7) is 0. The topological polar surface area (TPSA) is 78.7 Å². The summed E-state index contributed by atoms with van der Waals surface area (Å²) in [5.41, 5.74) is 2.09. The van der Waals surface area contributed by atoms with E-state index in [2.05, 4.69) is 15.3 Å². The van der Waals surface area contributed by atoms with Crippen molar-refractivity contribution in [3.05, 3.63) is 78.0 Å². The van der Waals surface area contributed by atoms with Crippen molar-refractivity contribution in [2.45, 2.75) is 0 Å². The fraction of sp³-hybridized carbons (Fsp3) is 0. The fourth-order valence-corrected chi connectivity index (χ4v) is 2.13. The molecule has 1 amide bonds. The van der Waals surface area contributed by atoms with E-state index in [1.54, 1.807) is 24.5 Å². The second-order valence-corrected chi connectivity index (χ2v) is 4.93. The molecular formula is C18H11FN4O. The van der Waals surface area contributed by atoms with Crippen molar-refractivity contribution in [1.82, 2.24) is 9.97 Å². The summed E-state index contributed by atoms with van der Waals surface area (Å²) in [5.74, 6) is -1.32. The maximum absolute atomic E-state index is 13.8. The Morgan fingerprint density at radius 1 is 1.12 bits per heavy atom. The molecule has 0 aliphatic heterocycles. The molecule has 0 atom stereocenters. The minimum absolute atomic E-state index is 0.188. The zero-order chi connectivity index (χ0) is 16.9. The van der Waals surface area contributed by atoms with Crippen LogP contribution in [0, 0.1) is 17.1 Å². The smallest absolute Gasteiger partial charge is 0.258 e. The van der Waals surface area contributed by atoms with Gasteiger partial charge in [0, 0.05) is 18.0 Å². The summed E-state index contributed by atoms with van der Waals surface area (Å²) in [6, 6.07) is 12.6. The average molecular weight is 318 g/mol. The predicted molar refractivity (Wildman–Crippen MR) is 86.5 cm³/mol. The molecule has 0 bridgehead atoms. The van der Waals surface area contributed by atoms with Crippen LogP contribution in [-0.2, 0) is 0 Å². The van der Waals surface area contributed by atoms with Gasteiger partial charge in [-0.2, -0.15) is 5.26 Å². The maximum atomic E-state index is 13.8. The van der Waals surface area contributed by atoms with Gasteiger partial charge in [-0.3, -0.25) is 14.8 Å². The molecule has 3 rings (SSSR count). The van der Waals surface area contributed by atoms with Gasteiger partial charge in [0.25, 0.3) is 5.91 Å². The third-order valence-corrected chi connectivity index (χ3v) is 3.34. The first-order valence-electron chi connectivity index (χ1n) is 7.05. The largest absolute Gasteiger partial charge is 0.320 e. The lowest BCUT2D eigenvalue weighted by Gasteiger charge is -2.07.